The number of primary amides is 1. The fourth-order valence-corrected chi connectivity index (χ4v) is 2.11. The van der Waals surface area contributed by atoms with Crippen molar-refractivity contribution in [2.75, 3.05) is 0 Å². The number of rotatable bonds is 10. The van der Waals surface area contributed by atoms with Gasteiger partial charge in [-0.05, 0) is 12.3 Å². The average molecular weight is 227 g/mol. The second-order valence-corrected chi connectivity index (χ2v) is 5.20. The van der Waals surface area contributed by atoms with Crippen LogP contribution in [-0.2, 0) is 4.79 Å². The molecular weight excluding hydrogens is 198 g/mol. The first-order chi connectivity index (χ1) is 7.57. The van der Waals surface area contributed by atoms with Crippen LogP contribution in [0.5, 0.6) is 0 Å². The predicted octanol–water partition coefficient (Wildman–Crippen LogP) is 3.88. The summed E-state index contributed by atoms with van der Waals surface area (Å²) >= 11 is 0. The van der Waals surface area contributed by atoms with E-state index in [1.165, 1.54) is 44.9 Å². The van der Waals surface area contributed by atoms with E-state index in [1.807, 2.05) is 6.92 Å². The largest absolute Gasteiger partial charge is 0.369 e. The predicted molar refractivity (Wildman–Crippen MR) is 70.1 cm³/mol. The second-order valence-electron chi connectivity index (χ2n) is 5.20. The summed E-state index contributed by atoms with van der Waals surface area (Å²) in [6.07, 6.45) is 10.3. The van der Waals surface area contributed by atoms with Crippen LogP contribution in [0.1, 0.15) is 72.1 Å². The molecule has 0 fully saturated rings. The molecule has 0 aromatic heterocycles. The summed E-state index contributed by atoms with van der Waals surface area (Å²) < 4.78 is 0. The lowest BCUT2D eigenvalue weighted by atomic mass is 9.92. The summed E-state index contributed by atoms with van der Waals surface area (Å²) in [6, 6.07) is 0. The lowest BCUT2D eigenvalue weighted by Crippen LogP contribution is -2.22. The van der Waals surface area contributed by atoms with E-state index in [0.717, 1.165) is 6.42 Å². The van der Waals surface area contributed by atoms with E-state index >= 15 is 0 Å². The van der Waals surface area contributed by atoms with Gasteiger partial charge in [-0.3, -0.25) is 4.79 Å². The van der Waals surface area contributed by atoms with E-state index in [2.05, 4.69) is 13.8 Å². The standard InChI is InChI=1S/C14H29NO/c1-4-5-6-7-8-9-10-12(2)11-13(3)14(15)16/h12-13H,4-11H2,1-3H3,(H2,15,16)/t12-,13-/m1/s1. The van der Waals surface area contributed by atoms with Gasteiger partial charge in [0.05, 0.1) is 0 Å². The van der Waals surface area contributed by atoms with Crippen molar-refractivity contribution in [2.24, 2.45) is 17.6 Å². The van der Waals surface area contributed by atoms with E-state index < -0.39 is 0 Å². The summed E-state index contributed by atoms with van der Waals surface area (Å²) in [6.45, 7) is 6.40. The summed E-state index contributed by atoms with van der Waals surface area (Å²) in [5.74, 6) is 0.513. The van der Waals surface area contributed by atoms with Crippen LogP contribution in [0.15, 0.2) is 0 Å². The summed E-state index contributed by atoms with van der Waals surface area (Å²) in [7, 11) is 0. The monoisotopic (exact) mass is 227 g/mol. The summed E-state index contributed by atoms with van der Waals surface area (Å²) in [5.41, 5.74) is 5.26. The smallest absolute Gasteiger partial charge is 0.220 e. The first-order valence-corrected chi connectivity index (χ1v) is 6.87. The highest BCUT2D eigenvalue weighted by Crippen LogP contribution is 2.18. The molecule has 16 heavy (non-hydrogen) atoms. The number of carbonyl (C=O) groups is 1. The Balaban J connectivity index is 3.36. The molecule has 2 N–H and O–H groups in total. The second kappa shape index (κ2) is 9.68. The van der Waals surface area contributed by atoms with Gasteiger partial charge in [0.15, 0.2) is 0 Å². The fraction of sp³-hybridized carbons (Fsp3) is 0.929. The third kappa shape index (κ3) is 8.75. The summed E-state index contributed by atoms with van der Waals surface area (Å²) in [5, 5.41) is 0. The van der Waals surface area contributed by atoms with Gasteiger partial charge in [0.1, 0.15) is 0 Å². The molecule has 2 nitrogen and oxygen atoms in total. The van der Waals surface area contributed by atoms with Crippen LogP contribution in [-0.4, -0.2) is 5.91 Å². The van der Waals surface area contributed by atoms with Crippen molar-refractivity contribution in [1.29, 1.82) is 0 Å². The summed E-state index contributed by atoms with van der Waals surface area (Å²) in [4.78, 5) is 10.9. The van der Waals surface area contributed by atoms with Crippen LogP contribution in [0.3, 0.4) is 0 Å². The van der Waals surface area contributed by atoms with Gasteiger partial charge in [-0.2, -0.15) is 0 Å². The average Bonchev–Trinajstić information content (AvgIpc) is 2.23. The fourth-order valence-electron chi connectivity index (χ4n) is 2.11. The van der Waals surface area contributed by atoms with Crippen LogP contribution in [0, 0.1) is 11.8 Å². The molecule has 0 aromatic rings. The molecule has 0 spiro atoms. The molecule has 0 aliphatic carbocycles. The third-order valence-electron chi connectivity index (χ3n) is 3.29. The van der Waals surface area contributed by atoms with Gasteiger partial charge in [-0.1, -0.05) is 65.7 Å². The minimum atomic E-state index is -0.158. The number of hydrogen-bond donors (Lipinski definition) is 1. The van der Waals surface area contributed by atoms with E-state index in [1.54, 1.807) is 0 Å². The van der Waals surface area contributed by atoms with Gasteiger partial charge in [0.25, 0.3) is 0 Å². The number of nitrogens with two attached hydrogens (primary N) is 1. The van der Waals surface area contributed by atoms with Crippen molar-refractivity contribution in [3.63, 3.8) is 0 Å². The molecule has 96 valence electrons. The molecule has 0 unspecified atom stereocenters. The zero-order chi connectivity index (χ0) is 12.4. The molecule has 0 saturated carbocycles. The Morgan fingerprint density at radius 2 is 1.62 bits per heavy atom. The number of amides is 1. The molecule has 0 radical (unpaired) electrons. The zero-order valence-electron chi connectivity index (χ0n) is 11.3. The maximum Gasteiger partial charge on any atom is 0.220 e. The Morgan fingerprint density at radius 3 is 2.19 bits per heavy atom. The highest BCUT2D eigenvalue weighted by atomic mass is 16.1. The van der Waals surface area contributed by atoms with E-state index in [-0.39, 0.29) is 11.8 Å². The molecule has 0 saturated heterocycles. The Hall–Kier alpha value is -0.530. The van der Waals surface area contributed by atoms with Crippen molar-refractivity contribution in [2.45, 2.75) is 72.1 Å². The SMILES string of the molecule is CCCCCCCC[C@@H](C)C[C@@H](C)C(N)=O. The van der Waals surface area contributed by atoms with Gasteiger partial charge in [0, 0.05) is 5.92 Å². The van der Waals surface area contributed by atoms with Gasteiger partial charge >= 0.3 is 0 Å². The Morgan fingerprint density at radius 1 is 1.06 bits per heavy atom. The quantitative estimate of drug-likeness (QED) is 0.565. The van der Waals surface area contributed by atoms with Gasteiger partial charge in [-0.25, -0.2) is 0 Å². The molecule has 2 atom stereocenters. The minimum Gasteiger partial charge on any atom is -0.369 e. The van der Waals surface area contributed by atoms with Crippen LogP contribution in [0.2, 0.25) is 0 Å². The van der Waals surface area contributed by atoms with Gasteiger partial charge in [-0.15, -0.1) is 0 Å². The zero-order valence-corrected chi connectivity index (χ0v) is 11.3. The number of unbranched alkanes of at least 4 members (excludes halogenated alkanes) is 5. The van der Waals surface area contributed by atoms with E-state index in [0.29, 0.717) is 5.92 Å². The molecule has 0 heterocycles. The number of hydrogen-bond acceptors (Lipinski definition) is 1. The van der Waals surface area contributed by atoms with Crippen molar-refractivity contribution < 1.29 is 4.79 Å². The molecule has 0 bridgehead atoms. The Bertz CT molecular complexity index is 180. The first kappa shape index (κ1) is 15.5. The van der Waals surface area contributed by atoms with Crippen LogP contribution in [0.4, 0.5) is 0 Å². The molecule has 0 aliphatic rings. The van der Waals surface area contributed by atoms with Crippen molar-refractivity contribution >= 4 is 5.91 Å². The van der Waals surface area contributed by atoms with Crippen LogP contribution < -0.4 is 5.73 Å². The van der Waals surface area contributed by atoms with Gasteiger partial charge in [0.2, 0.25) is 5.91 Å². The highest BCUT2D eigenvalue weighted by molar-refractivity contribution is 5.76. The van der Waals surface area contributed by atoms with E-state index in [9.17, 15) is 4.79 Å². The van der Waals surface area contributed by atoms with Crippen molar-refractivity contribution in [3.8, 4) is 0 Å². The first-order valence-electron chi connectivity index (χ1n) is 6.87. The maximum atomic E-state index is 10.9. The third-order valence-corrected chi connectivity index (χ3v) is 3.29. The molecule has 2 heteroatoms. The Labute approximate surface area is 101 Å². The topological polar surface area (TPSA) is 43.1 Å². The Kier molecular flexibility index (Phi) is 9.36. The van der Waals surface area contributed by atoms with Crippen molar-refractivity contribution in [1.82, 2.24) is 0 Å². The van der Waals surface area contributed by atoms with Crippen LogP contribution >= 0.6 is 0 Å². The molecule has 0 aromatic carbocycles. The lowest BCUT2D eigenvalue weighted by molar-refractivity contribution is -0.121. The molecule has 1 amide bonds. The maximum absolute atomic E-state index is 10.9. The molecule has 0 rings (SSSR count). The van der Waals surface area contributed by atoms with E-state index in [4.69, 9.17) is 5.73 Å². The molecule has 0 aliphatic heterocycles. The molecular formula is C14H29NO. The van der Waals surface area contributed by atoms with Crippen molar-refractivity contribution in [3.05, 3.63) is 0 Å². The van der Waals surface area contributed by atoms with Crippen LogP contribution in [0.25, 0.3) is 0 Å². The number of carbonyl (C=O) groups excluding carboxylic acids is 1. The lowest BCUT2D eigenvalue weighted by Gasteiger charge is -2.14. The van der Waals surface area contributed by atoms with Gasteiger partial charge < -0.3 is 5.73 Å². The normalized spacial score (nSPS) is 14.7. The highest BCUT2D eigenvalue weighted by Gasteiger charge is 2.12. The minimum absolute atomic E-state index is 0.0371.